The Morgan fingerprint density at radius 2 is 1.33 bits per heavy atom. The number of nitrogens with one attached hydrogen (secondary N) is 4. The van der Waals surface area contributed by atoms with Crippen LogP contribution in [0, 0.1) is 0 Å². The van der Waals surface area contributed by atoms with Crippen molar-refractivity contribution in [2.75, 3.05) is 14.2 Å². The number of ether oxygens (including phenoxy) is 4. The molecule has 0 spiro atoms. The normalized spacial score (nSPS) is 11.7. The molecule has 48 heavy (non-hydrogen) atoms. The number of benzene rings is 3. The largest absolute Gasteiger partial charge is 2.00 e. The monoisotopic (exact) mass is 760 g/mol. The van der Waals surface area contributed by atoms with Crippen molar-refractivity contribution in [1.82, 2.24) is 19.9 Å². The minimum absolute atomic E-state index is 0. The fourth-order valence-corrected chi connectivity index (χ4v) is 5.77. The van der Waals surface area contributed by atoms with Gasteiger partial charge < -0.3 is 50.0 Å². The van der Waals surface area contributed by atoms with Crippen LogP contribution in [0.3, 0.4) is 0 Å². The number of amides is 2. The average Bonchev–Trinajstić information content (AvgIpc) is 3.70. The number of hydrogen-bond acceptors (Lipinski definition) is 10. The summed E-state index contributed by atoms with van der Waals surface area (Å²) in [7, 11) is 2.09. The molecule has 242 valence electrons. The van der Waals surface area contributed by atoms with Gasteiger partial charge in [0.05, 0.1) is 48.3 Å². The minimum atomic E-state index is -0.995. The van der Waals surface area contributed by atoms with Gasteiger partial charge in [-0.1, -0.05) is 6.07 Å². The maximum Gasteiger partial charge on any atom is 2.00 e. The van der Waals surface area contributed by atoms with Crippen LogP contribution in [0.15, 0.2) is 48.7 Å². The van der Waals surface area contributed by atoms with Gasteiger partial charge in [0.1, 0.15) is 24.7 Å². The van der Waals surface area contributed by atoms with Gasteiger partial charge in [-0.3, -0.25) is 9.59 Å². The third-order valence-electron chi connectivity index (χ3n) is 6.80. The van der Waals surface area contributed by atoms with E-state index in [0.29, 0.717) is 24.3 Å². The fraction of sp³-hybridized carbons (Fsp3) is 0.133. The average molecular weight is 760 g/mol. The number of methoxy groups -OCH3 is 2. The number of fused-ring (bicyclic) bond motifs is 1. The molecule has 0 bridgehead atoms. The predicted octanol–water partition coefficient (Wildman–Crippen LogP) is 5.42. The van der Waals surface area contributed by atoms with Crippen LogP contribution >= 0.6 is 17.2 Å². The summed E-state index contributed by atoms with van der Waals surface area (Å²) in [4.78, 5) is 55.1. The molecular weight excluding hydrogens is 736 g/mol. The number of hydrogen-bond donors (Lipinski definition) is 2. The van der Waals surface area contributed by atoms with Crippen molar-refractivity contribution in [1.29, 1.82) is 0 Å². The third kappa shape index (κ3) is 8.65. The van der Waals surface area contributed by atoms with Gasteiger partial charge in [-0.2, -0.15) is 17.2 Å². The molecule has 2 aromatic heterocycles. The van der Waals surface area contributed by atoms with E-state index in [1.165, 1.54) is 0 Å². The summed E-state index contributed by atoms with van der Waals surface area (Å²) in [5.74, 6) is 1.65. The van der Waals surface area contributed by atoms with Crippen LogP contribution in [-0.4, -0.2) is 58.4 Å². The molecule has 2 amide bonds. The van der Waals surface area contributed by atoms with Crippen LogP contribution in [0.5, 0.6) is 11.5 Å². The van der Waals surface area contributed by atoms with Gasteiger partial charge in [-0.05, 0) is 47.5 Å². The van der Waals surface area contributed by atoms with Crippen LogP contribution < -0.4 is 20.6 Å². The van der Waals surface area contributed by atoms with Gasteiger partial charge >= 0.3 is 37.1 Å². The fourth-order valence-electron chi connectivity index (χ4n) is 4.88. The summed E-state index contributed by atoms with van der Waals surface area (Å²) in [6, 6.07) is 18.1. The molecule has 0 saturated carbocycles. The van der Waals surface area contributed by atoms with E-state index in [0.717, 1.165) is 81.4 Å². The first kappa shape index (κ1) is 38.3. The quantitative estimate of drug-likeness (QED) is 0.166. The number of aromatic nitrogens is 4. The zero-order chi connectivity index (χ0) is 32.8. The van der Waals surface area contributed by atoms with Crippen LogP contribution in [-0.2, 0) is 69.4 Å². The van der Waals surface area contributed by atoms with E-state index in [1.807, 2.05) is 36.3 Å². The first-order chi connectivity index (χ1) is 22.2. The van der Waals surface area contributed by atoms with Crippen molar-refractivity contribution < 1.29 is 75.2 Å². The molecule has 7 rings (SSSR count). The van der Waals surface area contributed by atoms with E-state index in [1.54, 1.807) is 6.20 Å². The van der Waals surface area contributed by atoms with E-state index in [9.17, 15) is 19.2 Å². The summed E-state index contributed by atoms with van der Waals surface area (Å²) >= 11 is 0. The van der Waals surface area contributed by atoms with E-state index in [-0.39, 0.29) is 54.3 Å². The van der Waals surface area contributed by atoms with Crippen LogP contribution in [0.25, 0.3) is 56.0 Å². The number of carbonyl (C=O) groups is 2. The Kier molecular flexibility index (Phi) is 13.8. The second-order valence-corrected chi connectivity index (χ2v) is 11.3. The van der Waals surface area contributed by atoms with Crippen molar-refractivity contribution in [3.05, 3.63) is 71.3 Å². The van der Waals surface area contributed by atoms with Crippen LogP contribution in [0.1, 0.15) is 11.1 Å². The Morgan fingerprint density at radius 3 is 1.90 bits per heavy atom. The molecule has 0 saturated heterocycles. The number of nitrogens with zero attached hydrogens (tertiary/aromatic N) is 2. The van der Waals surface area contributed by atoms with Crippen molar-refractivity contribution >= 4 is 63.6 Å². The molecular formula is C30H24N6O8P2V2. The van der Waals surface area contributed by atoms with Crippen molar-refractivity contribution in [2.24, 2.45) is 0 Å². The molecule has 2 atom stereocenters. The Hall–Kier alpha value is -4.15. The number of carbonyl (C=O) groups excluding carboxylic acids is 4. The van der Waals surface area contributed by atoms with Crippen molar-refractivity contribution in [3.63, 3.8) is 0 Å². The van der Waals surface area contributed by atoms with Gasteiger partial charge in [0.15, 0.2) is 0 Å². The standard InChI is InChI=1S/C26H16N4O4P2.2C2H5NO2.2V/c31-11-35-25-27-8-20(30-25)15-4-17-10-33-21-6-14(3-16-9-34-22(7-15)24(17)23(16)21)13-1-2-18-19(5-13)29-26(28-18)36-12-32;2*1-5-2(3)4;;/h1-8,35-36H,9-10H2,(H,27,30)(H,28,29);2*1H3,(H2,3,4);;/q-2;;;2*+2/p-2. The number of rotatable bonds is 6. The molecule has 5 aromatic rings. The Labute approximate surface area is 301 Å². The van der Waals surface area contributed by atoms with Crippen molar-refractivity contribution in [2.45, 2.75) is 13.2 Å². The molecule has 14 nitrogen and oxygen atoms in total. The second kappa shape index (κ2) is 17.3. The zero-order valence-corrected chi connectivity index (χ0v) is 29.9. The Morgan fingerprint density at radius 1 is 0.792 bits per heavy atom. The van der Waals surface area contributed by atoms with E-state index >= 15 is 0 Å². The summed E-state index contributed by atoms with van der Waals surface area (Å²) in [5.41, 5.74) is 22.9. The number of imidazole rings is 2. The van der Waals surface area contributed by atoms with E-state index < -0.39 is 12.2 Å². The number of aromatic amines is 2. The first-order valence-corrected chi connectivity index (χ1v) is 15.2. The van der Waals surface area contributed by atoms with Gasteiger partial charge in [0, 0.05) is 27.8 Å². The maximum atomic E-state index is 10.7. The van der Waals surface area contributed by atoms with Gasteiger partial charge in [0.25, 0.3) is 0 Å². The molecule has 2 radical (unpaired) electrons. The maximum absolute atomic E-state index is 10.7. The van der Waals surface area contributed by atoms with Gasteiger partial charge in [-0.15, -0.1) is 0 Å². The van der Waals surface area contributed by atoms with E-state index in [2.05, 4.69) is 47.6 Å². The molecule has 18 heteroatoms. The second-order valence-electron chi connectivity index (χ2n) is 9.49. The SMILES string of the molecule is COC([NH-])=O.COC([NH-])=O.O=[C-]Pc1ncc(-c2cc3c4c(c2)OCc2cc(-c5ccc6nc(P[C-]=O)[nH]c6c5)cc(c2-4)OC3)[nH]1.[V+2].[V+2]. The van der Waals surface area contributed by atoms with Gasteiger partial charge in [0.2, 0.25) is 12.2 Å². The third-order valence-corrected chi connectivity index (χ3v) is 7.96. The summed E-state index contributed by atoms with van der Waals surface area (Å²) in [6.45, 7) is 0.851. The summed E-state index contributed by atoms with van der Waals surface area (Å²) in [5, 5.41) is 0. The summed E-state index contributed by atoms with van der Waals surface area (Å²) < 4.78 is 20.0. The van der Waals surface area contributed by atoms with Crippen LogP contribution in [0.4, 0.5) is 9.59 Å². The summed E-state index contributed by atoms with van der Waals surface area (Å²) in [6.07, 6.45) is -0.265. The Balaban J connectivity index is 0.000000461. The first-order valence-electron chi connectivity index (χ1n) is 13.2. The number of H-pyrrole nitrogens is 2. The van der Waals surface area contributed by atoms with Crippen LogP contribution in [0.2, 0.25) is 0 Å². The van der Waals surface area contributed by atoms with Gasteiger partial charge in [-0.25, -0.2) is 22.0 Å². The molecule has 0 aliphatic carbocycles. The van der Waals surface area contributed by atoms with Crippen molar-refractivity contribution in [3.8, 4) is 45.0 Å². The molecule has 2 unspecified atom stereocenters. The topological polar surface area (TPSA) is 210 Å². The Bertz CT molecular complexity index is 1900. The van der Waals surface area contributed by atoms with E-state index in [4.69, 9.17) is 20.9 Å². The molecule has 3 aromatic carbocycles. The molecule has 4 N–H and O–H groups in total. The predicted molar refractivity (Wildman–Crippen MR) is 174 cm³/mol. The molecule has 2 aliphatic rings. The molecule has 4 heterocycles. The smallest absolute Gasteiger partial charge is 0.632 e. The molecule has 0 fully saturated rings. The molecule has 2 aliphatic heterocycles. The zero-order valence-electron chi connectivity index (χ0n) is 25.1. The minimum Gasteiger partial charge on any atom is -0.632 e.